The number of aliphatic hydroxyl groups is 1. The van der Waals surface area contributed by atoms with E-state index in [1.165, 1.54) is 17.2 Å². The van der Waals surface area contributed by atoms with E-state index < -0.39 is 34.6 Å². The van der Waals surface area contributed by atoms with Crippen molar-refractivity contribution in [2.24, 2.45) is 0 Å². The Bertz CT molecular complexity index is 705. The summed E-state index contributed by atoms with van der Waals surface area (Å²) in [5.41, 5.74) is 0.203. The number of anilines is 2. The van der Waals surface area contributed by atoms with Crippen LogP contribution in [0.4, 0.5) is 20.6 Å². The zero-order valence-corrected chi connectivity index (χ0v) is 15.7. The molecular weight excluding hydrogens is 361 g/mol. The number of cyclic esters (lactones) is 1. The number of nitrogens with zero attached hydrogens (tertiary/aromatic N) is 2. The van der Waals surface area contributed by atoms with Crippen molar-refractivity contribution in [3.63, 3.8) is 0 Å². The Hall–Kier alpha value is -1.71. The maximum Gasteiger partial charge on any atom is 0.414 e. The zero-order valence-electron chi connectivity index (χ0n) is 14.9. The number of amides is 1. The van der Waals surface area contributed by atoms with Gasteiger partial charge in [-0.25, -0.2) is 18.1 Å². The van der Waals surface area contributed by atoms with E-state index in [1.54, 1.807) is 19.1 Å². The second kappa shape index (κ2) is 7.50. The lowest BCUT2D eigenvalue weighted by molar-refractivity contribution is 0.0350. The van der Waals surface area contributed by atoms with Crippen molar-refractivity contribution < 1.29 is 23.2 Å². The summed E-state index contributed by atoms with van der Waals surface area (Å²) in [6.45, 7) is 3.50. The molecule has 0 aliphatic carbocycles. The minimum atomic E-state index is -1.19. The second-order valence-electron chi connectivity index (χ2n) is 7.04. The number of nitrogens with one attached hydrogen (secondary N) is 1. The van der Waals surface area contributed by atoms with E-state index in [0.717, 1.165) is 0 Å². The van der Waals surface area contributed by atoms with Crippen molar-refractivity contribution in [3.8, 4) is 0 Å². The molecule has 3 rings (SSSR count). The molecule has 0 saturated carbocycles. The molecule has 9 heteroatoms. The molecule has 2 saturated heterocycles. The van der Waals surface area contributed by atoms with E-state index in [-0.39, 0.29) is 13.1 Å². The van der Waals surface area contributed by atoms with Gasteiger partial charge in [-0.3, -0.25) is 4.90 Å². The summed E-state index contributed by atoms with van der Waals surface area (Å²) in [6, 6.07) is 4.68. The Kier molecular flexibility index (Phi) is 5.50. The molecule has 1 amide bonds. The van der Waals surface area contributed by atoms with Crippen LogP contribution in [0, 0.1) is 5.82 Å². The predicted molar refractivity (Wildman–Crippen MR) is 98.2 cm³/mol. The summed E-state index contributed by atoms with van der Waals surface area (Å²) < 4.78 is 33.6. The van der Waals surface area contributed by atoms with Gasteiger partial charge in [0.05, 0.1) is 34.5 Å². The standard InChI is InChI=1S/C17H24FN3O4S/c1-17(23)5-7-20(8-6-17)15-4-3-12(9-14(15)18)21-11-13(25-16(21)22)10-19-26(2)24/h3-4,9,13,19,23H,5-8,10-11H2,1-2H3. The molecule has 26 heavy (non-hydrogen) atoms. The normalized spacial score (nSPS) is 23.8. The summed E-state index contributed by atoms with van der Waals surface area (Å²) in [4.78, 5) is 15.3. The van der Waals surface area contributed by atoms with Crippen LogP contribution in [-0.2, 0) is 15.7 Å². The van der Waals surface area contributed by atoms with E-state index in [2.05, 4.69) is 4.72 Å². The first-order valence-corrected chi connectivity index (χ1v) is 10.1. The number of piperidine rings is 1. The number of halogens is 1. The van der Waals surface area contributed by atoms with E-state index in [4.69, 9.17) is 4.74 Å². The van der Waals surface area contributed by atoms with E-state index in [0.29, 0.717) is 37.3 Å². The average molecular weight is 385 g/mol. The van der Waals surface area contributed by atoms with Crippen LogP contribution >= 0.6 is 0 Å². The molecule has 2 unspecified atom stereocenters. The summed E-state index contributed by atoms with van der Waals surface area (Å²) in [5.74, 6) is -0.409. The van der Waals surface area contributed by atoms with Gasteiger partial charge in [-0.1, -0.05) is 0 Å². The van der Waals surface area contributed by atoms with Crippen LogP contribution in [-0.4, -0.2) is 59.5 Å². The molecule has 2 aliphatic heterocycles. The highest BCUT2D eigenvalue weighted by atomic mass is 32.2. The lowest BCUT2D eigenvalue weighted by Crippen LogP contribution is -2.42. The van der Waals surface area contributed by atoms with Crippen LogP contribution in [0.1, 0.15) is 19.8 Å². The second-order valence-corrected chi connectivity index (χ2v) is 8.24. The maximum atomic E-state index is 14.6. The number of hydrogen-bond acceptors (Lipinski definition) is 5. The van der Waals surface area contributed by atoms with Gasteiger partial charge in [0, 0.05) is 25.9 Å². The van der Waals surface area contributed by atoms with Crippen molar-refractivity contribution in [1.29, 1.82) is 0 Å². The Labute approximate surface area is 154 Å². The van der Waals surface area contributed by atoms with Gasteiger partial charge in [-0.15, -0.1) is 0 Å². The third-order valence-corrected chi connectivity index (χ3v) is 5.39. The highest BCUT2D eigenvalue weighted by molar-refractivity contribution is 7.82. The van der Waals surface area contributed by atoms with Crippen molar-refractivity contribution in [1.82, 2.24) is 4.72 Å². The number of carbonyl (C=O) groups is 1. The van der Waals surface area contributed by atoms with Gasteiger partial charge in [0.2, 0.25) is 0 Å². The van der Waals surface area contributed by atoms with Gasteiger partial charge in [-0.2, -0.15) is 0 Å². The topological polar surface area (TPSA) is 82.1 Å². The van der Waals surface area contributed by atoms with Crippen LogP contribution in [0.5, 0.6) is 0 Å². The number of rotatable bonds is 5. The first-order valence-electron chi connectivity index (χ1n) is 8.57. The molecular formula is C17H24FN3O4S. The molecule has 0 bridgehead atoms. The lowest BCUT2D eigenvalue weighted by Gasteiger charge is -2.37. The van der Waals surface area contributed by atoms with Crippen LogP contribution in [0.2, 0.25) is 0 Å². The number of ether oxygens (including phenoxy) is 1. The number of benzene rings is 1. The largest absolute Gasteiger partial charge is 0.443 e. The van der Waals surface area contributed by atoms with E-state index >= 15 is 0 Å². The van der Waals surface area contributed by atoms with Crippen molar-refractivity contribution >= 4 is 28.5 Å². The molecule has 1 aromatic carbocycles. The molecule has 0 aromatic heterocycles. The highest BCUT2D eigenvalue weighted by Gasteiger charge is 2.33. The predicted octanol–water partition coefficient (Wildman–Crippen LogP) is 1.39. The SMILES string of the molecule is CS(=O)NCC1CN(c2ccc(N3CCC(C)(O)CC3)c(F)c2)C(=O)O1. The molecule has 2 heterocycles. The lowest BCUT2D eigenvalue weighted by atomic mass is 9.93. The molecule has 2 fully saturated rings. The summed E-state index contributed by atoms with van der Waals surface area (Å²) in [5, 5.41) is 10.0. The molecule has 2 atom stereocenters. The first-order chi connectivity index (χ1) is 12.2. The molecule has 7 nitrogen and oxygen atoms in total. The minimum absolute atomic E-state index is 0.272. The van der Waals surface area contributed by atoms with Crippen molar-refractivity contribution in [2.75, 3.05) is 42.2 Å². The average Bonchev–Trinajstić information content (AvgIpc) is 2.94. The number of hydrogen-bond donors (Lipinski definition) is 2. The Morgan fingerprint density at radius 1 is 1.42 bits per heavy atom. The molecule has 2 N–H and O–H groups in total. The molecule has 1 aromatic rings. The minimum Gasteiger partial charge on any atom is -0.443 e. The molecule has 2 aliphatic rings. The first kappa shape index (κ1) is 19.1. The van der Waals surface area contributed by atoms with Gasteiger partial charge < -0.3 is 14.7 Å². The third-order valence-electron chi connectivity index (χ3n) is 4.81. The molecule has 0 spiro atoms. The number of carbonyl (C=O) groups excluding carboxylic acids is 1. The monoisotopic (exact) mass is 385 g/mol. The van der Waals surface area contributed by atoms with E-state index in [9.17, 15) is 18.5 Å². The van der Waals surface area contributed by atoms with E-state index in [1.807, 2.05) is 4.90 Å². The molecule has 144 valence electrons. The zero-order chi connectivity index (χ0) is 18.9. The highest BCUT2D eigenvalue weighted by Crippen LogP contribution is 2.31. The van der Waals surface area contributed by atoms with Crippen molar-refractivity contribution in [2.45, 2.75) is 31.5 Å². The van der Waals surface area contributed by atoms with Crippen LogP contribution in [0.3, 0.4) is 0 Å². The summed E-state index contributed by atoms with van der Waals surface area (Å²) >= 11 is 0. The van der Waals surface area contributed by atoms with Gasteiger partial charge in [-0.05, 0) is 38.0 Å². The maximum absolute atomic E-state index is 14.6. The Morgan fingerprint density at radius 3 is 2.73 bits per heavy atom. The van der Waals surface area contributed by atoms with Gasteiger partial charge in [0.1, 0.15) is 11.9 Å². The van der Waals surface area contributed by atoms with Gasteiger partial charge >= 0.3 is 6.09 Å². The molecule has 0 radical (unpaired) electrons. The quantitative estimate of drug-likeness (QED) is 0.800. The Balaban J connectivity index is 1.68. The summed E-state index contributed by atoms with van der Waals surface area (Å²) in [6.07, 6.45) is 1.70. The van der Waals surface area contributed by atoms with Crippen LogP contribution in [0.25, 0.3) is 0 Å². The fraction of sp³-hybridized carbons (Fsp3) is 0.588. The van der Waals surface area contributed by atoms with Gasteiger partial charge in [0.25, 0.3) is 0 Å². The summed E-state index contributed by atoms with van der Waals surface area (Å²) in [7, 11) is -1.19. The Morgan fingerprint density at radius 2 is 2.12 bits per heavy atom. The van der Waals surface area contributed by atoms with Crippen LogP contribution < -0.4 is 14.5 Å². The smallest absolute Gasteiger partial charge is 0.414 e. The van der Waals surface area contributed by atoms with Gasteiger partial charge in [0.15, 0.2) is 0 Å². The third kappa shape index (κ3) is 4.33. The van der Waals surface area contributed by atoms with Crippen LogP contribution in [0.15, 0.2) is 18.2 Å². The van der Waals surface area contributed by atoms with Crippen molar-refractivity contribution in [3.05, 3.63) is 24.0 Å². The fourth-order valence-corrected chi connectivity index (χ4v) is 3.62. The fourth-order valence-electron chi connectivity index (χ4n) is 3.20.